The second-order valence-corrected chi connectivity index (χ2v) is 4.38. The van der Waals surface area contributed by atoms with Crippen LogP contribution in [0.15, 0.2) is 18.2 Å². The molecule has 2 rings (SSSR count). The van der Waals surface area contributed by atoms with Crippen LogP contribution in [0, 0.1) is 6.92 Å². The van der Waals surface area contributed by atoms with Gasteiger partial charge in [-0.15, -0.1) is 0 Å². The summed E-state index contributed by atoms with van der Waals surface area (Å²) >= 11 is 6.04. The molecule has 0 radical (unpaired) electrons. The van der Waals surface area contributed by atoms with E-state index in [2.05, 4.69) is 5.32 Å². The Labute approximate surface area is 101 Å². The fraction of sp³-hybridized carbons (Fsp3) is 0.500. The first-order chi connectivity index (χ1) is 7.75. The van der Waals surface area contributed by atoms with Gasteiger partial charge in [0.2, 0.25) is 0 Å². The van der Waals surface area contributed by atoms with Gasteiger partial charge in [0.05, 0.1) is 24.3 Å². The summed E-state index contributed by atoms with van der Waals surface area (Å²) in [6, 6.07) is 6.03. The van der Waals surface area contributed by atoms with E-state index >= 15 is 0 Å². The number of morpholine rings is 1. The van der Waals surface area contributed by atoms with Gasteiger partial charge in [0.1, 0.15) is 12.4 Å². The molecule has 88 valence electrons. The van der Waals surface area contributed by atoms with E-state index in [4.69, 9.17) is 21.1 Å². The van der Waals surface area contributed by atoms with Crippen molar-refractivity contribution >= 4 is 11.6 Å². The average molecular weight is 242 g/mol. The van der Waals surface area contributed by atoms with Crippen LogP contribution in [0.2, 0.25) is 5.02 Å². The third-order valence-corrected chi connectivity index (χ3v) is 2.84. The van der Waals surface area contributed by atoms with Gasteiger partial charge in [0.25, 0.3) is 0 Å². The van der Waals surface area contributed by atoms with Gasteiger partial charge in [-0.2, -0.15) is 0 Å². The summed E-state index contributed by atoms with van der Waals surface area (Å²) in [5.74, 6) is 0.744. The van der Waals surface area contributed by atoms with Crippen LogP contribution in [0.3, 0.4) is 0 Å². The third kappa shape index (κ3) is 3.11. The zero-order valence-corrected chi connectivity index (χ0v) is 10.1. The predicted octanol–water partition coefficient (Wildman–Crippen LogP) is 2.02. The number of benzene rings is 1. The highest BCUT2D eigenvalue weighted by atomic mass is 35.5. The van der Waals surface area contributed by atoms with E-state index in [1.54, 1.807) is 0 Å². The van der Waals surface area contributed by atoms with Crippen LogP contribution >= 0.6 is 11.6 Å². The Morgan fingerprint density at radius 2 is 2.44 bits per heavy atom. The molecule has 1 N–H and O–H groups in total. The summed E-state index contributed by atoms with van der Waals surface area (Å²) in [6.07, 6.45) is 0. The van der Waals surface area contributed by atoms with Gasteiger partial charge in [0, 0.05) is 6.54 Å². The second-order valence-electron chi connectivity index (χ2n) is 3.97. The summed E-state index contributed by atoms with van der Waals surface area (Å²) < 4.78 is 11.0. The molecule has 1 atom stereocenters. The molecule has 1 aliphatic rings. The minimum atomic E-state index is 0.255. The quantitative estimate of drug-likeness (QED) is 0.878. The van der Waals surface area contributed by atoms with Crippen molar-refractivity contribution in [2.75, 3.05) is 26.4 Å². The molecule has 3 nitrogen and oxygen atoms in total. The van der Waals surface area contributed by atoms with Crippen molar-refractivity contribution in [3.63, 3.8) is 0 Å². The molecule has 1 unspecified atom stereocenters. The topological polar surface area (TPSA) is 30.5 Å². The van der Waals surface area contributed by atoms with Crippen LogP contribution in [-0.2, 0) is 4.74 Å². The van der Waals surface area contributed by atoms with E-state index in [1.807, 2.05) is 25.1 Å². The summed E-state index contributed by atoms with van der Waals surface area (Å²) in [7, 11) is 0. The highest BCUT2D eigenvalue weighted by Crippen LogP contribution is 2.25. The van der Waals surface area contributed by atoms with Gasteiger partial charge < -0.3 is 14.8 Å². The van der Waals surface area contributed by atoms with Gasteiger partial charge in [0.15, 0.2) is 0 Å². The molecule has 0 aromatic heterocycles. The van der Waals surface area contributed by atoms with Crippen molar-refractivity contribution < 1.29 is 9.47 Å². The molecule has 4 heteroatoms. The number of ether oxygens (including phenoxy) is 2. The maximum absolute atomic E-state index is 6.04. The van der Waals surface area contributed by atoms with E-state index in [1.165, 1.54) is 0 Å². The first kappa shape index (κ1) is 11.7. The van der Waals surface area contributed by atoms with Crippen LogP contribution in [0.4, 0.5) is 0 Å². The van der Waals surface area contributed by atoms with Crippen LogP contribution in [0.25, 0.3) is 0 Å². The lowest BCUT2D eigenvalue weighted by Gasteiger charge is -2.24. The fourth-order valence-electron chi connectivity index (χ4n) is 1.64. The number of rotatable bonds is 3. The monoisotopic (exact) mass is 241 g/mol. The third-order valence-electron chi connectivity index (χ3n) is 2.53. The van der Waals surface area contributed by atoms with Crippen LogP contribution in [0.5, 0.6) is 5.75 Å². The number of aryl methyl sites for hydroxylation is 1. The van der Waals surface area contributed by atoms with E-state index in [0.717, 1.165) is 24.5 Å². The molecule has 0 aliphatic carbocycles. The second kappa shape index (κ2) is 5.53. The molecule has 0 spiro atoms. The summed E-state index contributed by atoms with van der Waals surface area (Å²) in [5, 5.41) is 3.99. The smallest absolute Gasteiger partial charge is 0.138 e. The normalized spacial score (nSPS) is 20.8. The molecule has 1 heterocycles. The van der Waals surface area contributed by atoms with Gasteiger partial charge >= 0.3 is 0 Å². The molecule has 16 heavy (non-hydrogen) atoms. The number of hydrogen-bond acceptors (Lipinski definition) is 3. The Bertz CT molecular complexity index is 351. The lowest BCUT2D eigenvalue weighted by atomic mass is 10.2. The Morgan fingerprint density at radius 3 is 3.19 bits per heavy atom. The molecular weight excluding hydrogens is 226 g/mol. The molecule has 1 aromatic carbocycles. The van der Waals surface area contributed by atoms with E-state index in [9.17, 15) is 0 Å². The lowest BCUT2D eigenvalue weighted by Crippen LogP contribution is -2.44. The number of hydrogen-bond donors (Lipinski definition) is 1. The zero-order chi connectivity index (χ0) is 11.4. The van der Waals surface area contributed by atoms with Gasteiger partial charge in [-0.3, -0.25) is 0 Å². The molecule has 1 aromatic rings. The summed E-state index contributed by atoms with van der Waals surface area (Å²) in [6.45, 7) is 4.97. The van der Waals surface area contributed by atoms with E-state index in [-0.39, 0.29) is 6.04 Å². The van der Waals surface area contributed by atoms with Gasteiger partial charge in [-0.1, -0.05) is 17.7 Å². The van der Waals surface area contributed by atoms with Crippen molar-refractivity contribution in [3.8, 4) is 5.75 Å². The van der Waals surface area contributed by atoms with Gasteiger partial charge in [-0.25, -0.2) is 0 Å². The molecule has 0 amide bonds. The molecule has 0 bridgehead atoms. The standard InChI is InChI=1S/C12H16ClNO2/c1-9-2-3-11(13)12(6-9)16-8-10-7-15-5-4-14-10/h2-3,6,10,14H,4-5,7-8H2,1H3. The molecule has 1 fully saturated rings. The predicted molar refractivity (Wildman–Crippen MR) is 64.3 cm³/mol. The average Bonchev–Trinajstić information content (AvgIpc) is 2.32. The van der Waals surface area contributed by atoms with E-state index in [0.29, 0.717) is 18.2 Å². The van der Waals surface area contributed by atoms with Crippen molar-refractivity contribution in [1.29, 1.82) is 0 Å². The van der Waals surface area contributed by atoms with Crippen LogP contribution in [-0.4, -0.2) is 32.4 Å². The lowest BCUT2D eigenvalue weighted by molar-refractivity contribution is 0.0593. The Kier molecular flexibility index (Phi) is 4.04. The van der Waals surface area contributed by atoms with Crippen LogP contribution in [0.1, 0.15) is 5.56 Å². The Morgan fingerprint density at radius 1 is 1.56 bits per heavy atom. The Hall–Kier alpha value is -0.770. The fourth-order valence-corrected chi connectivity index (χ4v) is 1.81. The van der Waals surface area contributed by atoms with E-state index < -0.39 is 0 Å². The summed E-state index contributed by atoms with van der Waals surface area (Å²) in [5.41, 5.74) is 1.15. The summed E-state index contributed by atoms with van der Waals surface area (Å²) in [4.78, 5) is 0. The minimum absolute atomic E-state index is 0.255. The molecule has 1 aliphatic heterocycles. The van der Waals surface area contributed by atoms with Crippen LogP contribution < -0.4 is 10.1 Å². The molecule has 1 saturated heterocycles. The van der Waals surface area contributed by atoms with Gasteiger partial charge in [-0.05, 0) is 24.6 Å². The number of halogens is 1. The highest BCUT2D eigenvalue weighted by molar-refractivity contribution is 6.32. The van der Waals surface area contributed by atoms with Crippen molar-refractivity contribution in [1.82, 2.24) is 5.32 Å². The zero-order valence-electron chi connectivity index (χ0n) is 9.33. The minimum Gasteiger partial charge on any atom is -0.490 e. The first-order valence-corrected chi connectivity index (χ1v) is 5.83. The molecule has 0 saturated carbocycles. The molecular formula is C12H16ClNO2. The highest BCUT2D eigenvalue weighted by Gasteiger charge is 2.14. The SMILES string of the molecule is Cc1ccc(Cl)c(OCC2COCCN2)c1. The largest absolute Gasteiger partial charge is 0.490 e. The maximum Gasteiger partial charge on any atom is 0.138 e. The van der Waals surface area contributed by atoms with Crippen molar-refractivity contribution in [2.24, 2.45) is 0 Å². The van der Waals surface area contributed by atoms with Crippen molar-refractivity contribution in [2.45, 2.75) is 13.0 Å². The Balaban J connectivity index is 1.90. The maximum atomic E-state index is 6.04. The van der Waals surface area contributed by atoms with Crippen molar-refractivity contribution in [3.05, 3.63) is 28.8 Å². The first-order valence-electron chi connectivity index (χ1n) is 5.46. The number of nitrogens with one attached hydrogen (secondary N) is 1.